The Balaban J connectivity index is 1.98. The Morgan fingerprint density at radius 2 is 1.88 bits per heavy atom. The van der Waals surface area contributed by atoms with Crippen LogP contribution < -0.4 is 15.4 Å². The van der Waals surface area contributed by atoms with Crippen molar-refractivity contribution in [3.05, 3.63) is 63.7 Å². The lowest BCUT2D eigenvalue weighted by Gasteiger charge is -2.11. The average molecular weight is 357 g/mol. The molecule has 26 heavy (non-hydrogen) atoms. The van der Waals surface area contributed by atoms with E-state index in [-0.39, 0.29) is 23.2 Å². The number of amides is 1. The molecule has 0 aromatic heterocycles. The zero-order chi connectivity index (χ0) is 19.1. The molecule has 0 unspecified atom stereocenters. The number of anilines is 1. The van der Waals surface area contributed by atoms with Crippen LogP contribution in [0.4, 0.5) is 11.4 Å². The first kappa shape index (κ1) is 19.2. The van der Waals surface area contributed by atoms with E-state index in [9.17, 15) is 14.9 Å². The van der Waals surface area contributed by atoms with Gasteiger partial charge in [0.2, 0.25) is 0 Å². The van der Waals surface area contributed by atoms with E-state index >= 15 is 0 Å². The van der Waals surface area contributed by atoms with Gasteiger partial charge in [-0.05, 0) is 45.0 Å². The summed E-state index contributed by atoms with van der Waals surface area (Å²) in [4.78, 5) is 22.8. The third-order valence-electron chi connectivity index (χ3n) is 3.58. The van der Waals surface area contributed by atoms with E-state index in [2.05, 4.69) is 10.6 Å². The number of carbonyl (C=O) groups is 1. The Hall–Kier alpha value is -3.09. The van der Waals surface area contributed by atoms with Crippen molar-refractivity contribution in [1.82, 2.24) is 5.32 Å². The van der Waals surface area contributed by atoms with Crippen LogP contribution in [0.2, 0.25) is 0 Å². The van der Waals surface area contributed by atoms with Crippen LogP contribution in [-0.4, -0.2) is 30.0 Å². The predicted molar refractivity (Wildman–Crippen MR) is 101 cm³/mol. The molecule has 0 aliphatic rings. The first-order chi connectivity index (χ1) is 12.4. The van der Waals surface area contributed by atoms with Crippen molar-refractivity contribution in [3.63, 3.8) is 0 Å². The molecule has 138 valence electrons. The van der Waals surface area contributed by atoms with Crippen molar-refractivity contribution in [2.75, 3.05) is 18.5 Å². The third kappa shape index (κ3) is 5.47. The van der Waals surface area contributed by atoms with Gasteiger partial charge in [0.05, 0.1) is 4.92 Å². The summed E-state index contributed by atoms with van der Waals surface area (Å²) < 4.78 is 5.59. The number of ether oxygens (including phenoxy) is 1. The topological polar surface area (TPSA) is 93.5 Å². The fraction of sp³-hybridized carbons (Fsp3) is 0.316. The maximum atomic E-state index is 12.0. The van der Waals surface area contributed by atoms with E-state index < -0.39 is 4.92 Å². The van der Waals surface area contributed by atoms with Crippen LogP contribution in [0.25, 0.3) is 0 Å². The number of nitro groups is 1. The van der Waals surface area contributed by atoms with Crippen LogP contribution in [0.3, 0.4) is 0 Å². The number of nitrogens with zero attached hydrogens (tertiary/aromatic N) is 1. The summed E-state index contributed by atoms with van der Waals surface area (Å²) in [6, 6.07) is 12.0. The van der Waals surface area contributed by atoms with Crippen LogP contribution in [0.15, 0.2) is 42.5 Å². The zero-order valence-corrected chi connectivity index (χ0v) is 15.1. The molecule has 0 saturated heterocycles. The van der Waals surface area contributed by atoms with Gasteiger partial charge in [-0.3, -0.25) is 14.9 Å². The number of nitrogens with one attached hydrogen (secondary N) is 2. The first-order valence-corrected chi connectivity index (χ1v) is 8.39. The molecular weight excluding hydrogens is 334 g/mol. The van der Waals surface area contributed by atoms with Gasteiger partial charge in [-0.15, -0.1) is 0 Å². The molecule has 2 aromatic rings. The molecule has 7 nitrogen and oxygen atoms in total. The van der Waals surface area contributed by atoms with Gasteiger partial charge in [-0.1, -0.05) is 17.7 Å². The van der Waals surface area contributed by atoms with Crippen molar-refractivity contribution in [1.29, 1.82) is 0 Å². The van der Waals surface area contributed by atoms with Crippen LogP contribution in [0.5, 0.6) is 5.75 Å². The highest BCUT2D eigenvalue weighted by Gasteiger charge is 2.17. The van der Waals surface area contributed by atoms with E-state index in [1.165, 1.54) is 6.07 Å². The molecule has 0 heterocycles. The molecule has 0 radical (unpaired) electrons. The second-order valence-electron chi connectivity index (χ2n) is 6.21. The van der Waals surface area contributed by atoms with Gasteiger partial charge in [-0.2, -0.15) is 0 Å². The average Bonchev–Trinajstić information content (AvgIpc) is 2.59. The third-order valence-corrected chi connectivity index (χ3v) is 3.58. The van der Waals surface area contributed by atoms with E-state index in [1.54, 1.807) is 12.1 Å². The summed E-state index contributed by atoms with van der Waals surface area (Å²) in [6.07, 6.45) is 0. The van der Waals surface area contributed by atoms with E-state index in [4.69, 9.17) is 4.74 Å². The molecule has 0 fully saturated rings. The summed E-state index contributed by atoms with van der Waals surface area (Å²) in [6.45, 7) is 6.41. The Bertz CT molecular complexity index is 773. The minimum atomic E-state index is -0.505. The zero-order valence-electron chi connectivity index (χ0n) is 15.1. The van der Waals surface area contributed by atoms with Gasteiger partial charge in [0.1, 0.15) is 18.0 Å². The highest BCUT2D eigenvalue weighted by molar-refractivity contribution is 5.95. The second kappa shape index (κ2) is 8.84. The Kier molecular flexibility index (Phi) is 6.54. The normalized spacial score (nSPS) is 10.5. The highest BCUT2D eigenvalue weighted by atomic mass is 16.6. The fourth-order valence-electron chi connectivity index (χ4n) is 2.31. The molecule has 0 bridgehead atoms. The fourth-order valence-corrected chi connectivity index (χ4v) is 2.31. The molecule has 2 rings (SSSR count). The maximum absolute atomic E-state index is 12.0. The Labute approximate surface area is 152 Å². The summed E-state index contributed by atoms with van der Waals surface area (Å²) in [7, 11) is 0. The molecule has 2 aromatic carbocycles. The number of nitro benzene ring substituents is 1. The molecule has 0 spiro atoms. The van der Waals surface area contributed by atoms with E-state index in [0.29, 0.717) is 18.8 Å². The van der Waals surface area contributed by atoms with Crippen LogP contribution in [0, 0.1) is 17.0 Å². The van der Waals surface area contributed by atoms with Crippen LogP contribution in [0.1, 0.15) is 29.8 Å². The van der Waals surface area contributed by atoms with Crippen molar-refractivity contribution in [2.45, 2.75) is 26.8 Å². The predicted octanol–water partition coefficient (Wildman–Crippen LogP) is 3.53. The summed E-state index contributed by atoms with van der Waals surface area (Å²) in [5, 5.41) is 17.0. The van der Waals surface area contributed by atoms with Crippen LogP contribution in [-0.2, 0) is 0 Å². The lowest BCUT2D eigenvalue weighted by atomic mass is 10.1. The van der Waals surface area contributed by atoms with Gasteiger partial charge in [0, 0.05) is 24.2 Å². The summed E-state index contributed by atoms with van der Waals surface area (Å²) >= 11 is 0. The lowest BCUT2D eigenvalue weighted by Crippen LogP contribution is -2.30. The van der Waals surface area contributed by atoms with E-state index in [1.807, 2.05) is 45.0 Å². The van der Waals surface area contributed by atoms with Gasteiger partial charge in [0.25, 0.3) is 11.6 Å². The minimum Gasteiger partial charge on any atom is -0.492 e. The number of hydrogen-bond acceptors (Lipinski definition) is 5. The Morgan fingerprint density at radius 1 is 1.19 bits per heavy atom. The molecule has 0 aliphatic heterocycles. The van der Waals surface area contributed by atoms with Gasteiger partial charge < -0.3 is 15.4 Å². The molecule has 0 atom stereocenters. The quantitative estimate of drug-likeness (QED) is 0.428. The highest BCUT2D eigenvalue weighted by Crippen LogP contribution is 2.25. The lowest BCUT2D eigenvalue weighted by molar-refractivity contribution is -0.384. The van der Waals surface area contributed by atoms with E-state index in [0.717, 1.165) is 11.3 Å². The first-order valence-electron chi connectivity index (χ1n) is 8.39. The number of rotatable bonds is 8. The molecule has 1 amide bonds. The number of hydrogen-bond donors (Lipinski definition) is 2. The molecule has 2 N–H and O–H groups in total. The van der Waals surface area contributed by atoms with Gasteiger partial charge >= 0.3 is 0 Å². The van der Waals surface area contributed by atoms with Crippen LogP contribution >= 0.6 is 0 Å². The SMILES string of the molecule is Cc1ccc(OCCNc2ccc(C(=O)NC(C)C)cc2[N+](=O)[O-])cc1. The number of aryl methyl sites for hydroxylation is 1. The number of benzene rings is 2. The second-order valence-corrected chi connectivity index (χ2v) is 6.21. The standard InChI is InChI=1S/C19H23N3O4/c1-13(2)21-19(23)15-6-9-17(18(12-15)22(24)25)20-10-11-26-16-7-4-14(3)5-8-16/h4-9,12-13,20H,10-11H2,1-3H3,(H,21,23). The largest absolute Gasteiger partial charge is 0.492 e. The van der Waals surface area contributed by atoms with Gasteiger partial charge in [0.15, 0.2) is 0 Å². The maximum Gasteiger partial charge on any atom is 0.293 e. The summed E-state index contributed by atoms with van der Waals surface area (Å²) in [5.74, 6) is 0.407. The Morgan fingerprint density at radius 3 is 2.50 bits per heavy atom. The number of carbonyl (C=O) groups excluding carboxylic acids is 1. The molecule has 0 saturated carbocycles. The molecule has 0 aliphatic carbocycles. The van der Waals surface area contributed by atoms with Gasteiger partial charge in [-0.25, -0.2) is 0 Å². The van der Waals surface area contributed by atoms with Crippen molar-refractivity contribution in [3.8, 4) is 5.75 Å². The molecule has 7 heteroatoms. The smallest absolute Gasteiger partial charge is 0.293 e. The van der Waals surface area contributed by atoms with Crippen molar-refractivity contribution in [2.24, 2.45) is 0 Å². The monoisotopic (exact) mass is 357 g/mol. The minimum absolute atomic E-state index is 0.0433. The molecular formula is C19H23N3O4. The van der Waals surface area contributed by atoms with Crippen molar-refractivity contribution < 1.29 is 14.5 Å². The van der Waals surface area contributed by atoms with Crippen molar-refractivity contribution >= 4 is 17.3 Å². The summed E-state index contributed by atoms with van der Waals surface area (Å²) in [5.41, 5.74) is 1.61.